The molecular weight excluding hydrogens is 382 g/mol. The molecule has 162 valence electrons. The summed E-state index contributed by atoms with van der Waals surface area (Å²) in [5.74, 6) is -0.145. The molecule has 8 heteroatoms. The van der Waals surface area contributed by atoms with Crippen molar-refractivity contribution in [2.75, 3.05) is 45.1 Å². The number of nitrogens with one attached hydrogen (secondary N) is 2. The lowest BCUT2D eigenvalue weighted by atomic mass is 9.94. The molecule has 2 saturated heterocycles. The molecule has 0 aliphatic carbocycles. The highest BCUT2D eigenvalue weighted by Crippen LogP contribution is 2.32. The van der Waals surface area contributed by atoms with E-state index < -0.39 is 11.7 Å². The molecule has 8 nitrogen and oxygen atoms in total. The first-order valence-corrected chi connectivity index (χ1v) is 10.8. The second kappa shape index (κ2) is 7.91. The molecule has 4 rings (SSSR count). The average molecular weight is 414 g/mol. The highest BCUT2D eigenvalue weighted by molar-refractivity contribution is 6.02. The Morgan fingerprint density at radius 1 is 1.07 bits per heavy atom. The van der Waals surface area contributed by atoms with Crippen LogP contribution in [0.2, 0.25) is 0 Å². The van der Waals surface area contributed by atoms with Crippen molar-refractivity contribution in [3.63, 3.8) is 0 Å². The lowest BCUT2D eigenvalue weighted by molar-refractivity contribution is -0.145. The molecule has 0 radical (unpaired) electrons. The number of aryl methyl sites for hydroxylation is 1. The Labute approximate surface area is 177 Å². The number of anilines is 1. The minimum atomic E-state index is -0.668. The van der Waals surface area contributed by atoms with Gasteiger partial charge in [0.05, 0.1) is 5.56 Å². The van der Waals surface area contributed by atoms with Gasteiger partial charge in [-0.2, -0.15) is 0 Å². The van der Waals surface area contributed by atoms with Crippen LogP contribution < -0.4 is 10.6 Å². The molecule has 0 bridgehead atoms. The van der Waals surface area contributed by atoms with Gasteiger partial charge in [0.1, 0.15) is 11.7 Å². The smallest absolute Gasteiger partial charge is 0.255 e. The topological polar surface area (TPSA) is 85.0 Å². The predicted molar refractivity (Wildman–Crippen MR) is 114 cm³/mol. The van der Waals surface area contributed by atoms with Crippen LogP contribution in [0.5, 0.6) is 0 Å². The highest BCUT2D eigenvalue weighted by Gasteiger charge is 2.42. The number of piperazine rings is 1. The van der Waals surface area contributed by atoms with Crippen LogP contribution in [-0.2, 0) is 9.59 Å². The van der Waals surface area contributed by atoms with Crippen LogP contribution in [0.4, 0.5) is 5.69 Å². The third-order valence-electron chi connectivity index (χ3n) is 6.65. The molecule has 30 heavy (non-hydrogen) atoms. The van der Waals surface area contributed by atoms with Gasteiger partial charge in [-0.05, 0) is 45.0 Å². The second-order valence-electron chi connectivity index (χ2n) is 8.85. The van der Waals surface area contributed by atoms with Gasteiger partial charge < -0.3 is 25.3 Å². The van der Waals surface area contributed by atoms with Gasteiger partial charge in [-0.3, -0.25) is 14.4 Å². The van der Waals surface area contributed by atoms with Crippen LogP contribution >= 0.6 is 0 Å². The summed E-state index contributed by atoms with van der Waals surface area (Å²) in [6.07, 6.45) is 1.34. The van der Waals surface area contributed by atoms with Gasteiger partial charge in [-0.15, -0.1) is 0 Å². The summed E-state index contributed by atoms with van der Waals surface area (Å²) >= 11 is 0. The van der Waals surface area contributed by atoms with Crippen molar-refractivity contribution in [3.05, 3.63) is 29.3 Å². The van der Waals surface area contributed by atoms with Crippen molar-refractivity contribution >= 4 is 23.4 Å². The number of rotatable bonds is 2. The number of benzene rings is 1. The van der Waals surface area contributed by atoms with E-state index in [1.807, 2.05) is 44.0 Å². The van der Waals surface area contributed by atoms with Crippen molar-refractivity contribution in [2.45, 2.75) is 44.8 Å². The molecule has 3 aliphatic heterocycles. The standard InChI is InChI=1S/C22H31N5O3/c1-15-4-5-17-18(14-15)23-22(24-20(17)29)7-6-19(28)27(9-8-22)16(2)21(30)26-12-10-25(3)11-13-26/h4-5,14,16,23H,6-13H2,1-3H3,(H,24,29)/t16-,22-/m1/s1. The largest absolute Gasteiger partial charge is 0.362 e. The Morgan fingerprint density at radius 3 is 2.53 bits per heavy atom. The number of fused-ring (bicyclic) bond motifs is 1. The lowest BCUT2D eigenvalue weighted by Crippen LogP contribution is -2.58. The van der Waals surface area contributed by atoms with Crippen LogP contribution in [0.3, 0.4) is 0 Å². The maximum absolute atomic E-state index is 13.0. The van der Waals surface area contributed by atoms with E-state index in [9.17, 15) is 14.4 Å². The van der Waals surface area contributed by atoms with Gasteiger partial charge in [0, 0.05) is 51.3 Å². The monoisotopic (exact) mass is 413 g/mol. The molecule has 0 unspecified atom stereocenters. The molecule has 1 aromatic rings. The number of carbonyl (C=O) groups excluding carboxylic acids is 3. The fraction of sp³-hybridized carbons (Fsp3) is 0.591. The first-order chi connectivity index (χ1) is 14.3. The van der Waals surface area contributed by atoms with E-state index in [0.717, 1.165) is 24.3 Å². The Morgan fingerprint density at radius 2 is 1.80 bits per heavy atom. The Kier molecular flexibility index (Phi) is 5.44. The summed E-state index contributed by atoms with van der Waals surface area (Å²) in [5.41, 5.74) is 1.83. The molecule has 0 saturated carbocycles. The van der Waals surface area contributed by atoms with E-state index in [0.29, 0.717) is 38.0 Å². The molecule has 3 aliphatic rings. The van der Waals surface area contributed by atoms with Crippen LogP contribution in [0.15, 0.2) is 18.2 Å². The zero-order chi connectivity index (χ0) is 21.5. The van der Waals surface area contributed by atoms with E-state index >= 15 is 0 Å². The lowest BCUT2D eigenvalue weighted by Gasteiger charge is -2.40. The van der Waals surface area contributed by atoms with Crippen LogP contribution in [0.1, 0.15) is 42.1 Å². The maximum atomic E-state index is 13.0. The van der Waals surface area contributed by atoms with Gasteiger partial charge in [-0.1, -0.05) is 6.07 Å². The van der Waals surface area contributed by atoms with E-state index in [-0.39, 0.29) is 24.1 Å². The van der Waals surface area contributed by atoms with Crippen molar-refractivity contribution in [3.8, 4) is 0 Å². The molecule has 3 amide bonds. The molecule has 3 heterocycles. The van der Waals surface area contributed by atoms with Crippen LogP contribution in [0.25, 0.3) is 0 Å². The molecule has 2 N–H and O–H groups in total. The normalized spacial score (nSPS) is 26.0. The Bertz CT molecular complexity index is 864. The number of amides is 3. The summed E-state index contributed by atoms with van der Waals surface area (Å²) in [7, 11) is 2.05. The SMILES string of the molecule is Cc1ccc2c(c1)N[C@]1(CCC(=O)N([C@H](C)C(=O)N3CCN(C)CC3)CC1)NC2=O. The van der Waals surface area contributed by atoms with Gasteiger partial charge >= 0.3 is 0 Å². The number of hydrogen-bond donors (Lipinski definition) is 2. The number of carbonyl (C=O) groups is 3. The average Bonchev–Trinajstić information content (AvgIpc) is 2.86. The minimum Gasteiger partial charge on any atom is -0.362 e. The van der Waals surface area contributed by atoms with E-state index in [2.05, 4.69) is 15.5 Å². The quantitative estimate of drug-likeness (QED) is 0.756. The van der Waals surface area contributed by atoms with Crippen LogP contribution in [-0.4, -0.2) is 83.9 Å². The van der Waals surface area contributed by atoms with Gasteiger partial charge in [0.15, 0.2) is 0 Å². The zero-order valence-corrected chi connectivity index (χ0v) is 18.0. The van der Waals surface area contributed by atoms with Crippen molar-refractivity contribution in [1.29, 1.82) is 0 Å². The molecule has 2 atom stereocenters. The number of nitrogens with zero attached hydrogens (tertiary/aromatic N) is 3. The Hall–Kier alpha value is -2.61. The molecule has 1 aromatic carbocycles. The second-order valence-corrected chi connectivity index (χ2v) is 8.85. The van der Waals surface area contributed by atoms with Crippen molar-refractivity contribution in [1.82, 2.24) is 20.0 Å². The number of likely N-dealkylation sites (N-methyl/N-ethyl adjacent to an activating group) is 1. The van der Waals surface area contributed by atoms with E-state index in [1.54, 1.807) is 4.90 Å². The maximum Gasteiger partial charge on any atom is 0.255 e. The van der Waals surface area contributed by atoms with Gasteiger partial charge in [-0.25, -0.2) is 0 Å². The van der Waals surface area contributed by atoms with E-state index in [4.69, 9.17) is 0 Å². The molecule has 1 spiro atoms. The highest BCUT2D eigenvalue weighted by atomic mass is 16.2. The third kappa shape index (κ3) is 3.88. The Balaban J connectivity index is 1.48. The first-order valence-electron chi connectivity index (χ1n) is 10.8. The summed E-state index contributed by atoms with van der Waals surface area (Å²) < 4.78 is 0. The van der Waals surface area contributed by atoms with E-state index in [1.165, 1.54) is 0 Å². The molecular formula is C22H31N5O3. The summed E-state index contributed by atoms with van der Waals surface area (Å²) in [5, 5.41) is 6.58. The minimum absolute atomic E-state index is 0.00834. The zero-order valence-electron chi connectivity index (χ0n) is 18.0. The first kappa shape index (κ1) is 20.7. The summed E-state index contributed by atoms with van der Waals surface area (Å²) in [4.78, 5) is 44.4. The van der Waals surface area contributed by atoms with Crippen molar-refractivity contribution in [2.24, 2.45) is 0 Å². The van der Waals surface area contributed by atoms with Gasteiger partial charge in [0.25, 0.3) is 5.91 Å². The van der Waals surface area contributed by atoms with Crippen molar-refractivity contribution < 1.29 is 14.4 Å². The number of hydrogen-bond acceptors (Lipinski definition) is 5. The molecule has 0 aromatic heterocycles. The fourth-order valence-corrected chi connectivity index (χ4v) is 4.64. The molecule has 2 fully saturated rings. The summed E-state index contributed by atoms with van der Waals surface area (Å²) in [6.45, 7) is 7.33. The number of likely N-dealkylation sites (tertiary alicyclic amines) is 1. The van der Waals surface area contributed by atoms with Gasteiger partial charge in [0.2, 0.25) is 11.8 Å². The third-order valence-corrected chi connectivity index (χ3v) is 6.65. The van der Waals surface area contributed by atoms with Crippen LogP contribution in [0, 0.1) is 6.92 Å². The fourth-order valence-electron chi connectivity index (χ4n) is 4.64. The summed E-state index contributed by atoms with van der Waals surface area (Å²) in [6, 6.07) is 5.22. The predicted octanol–water partition coefficient (Wildman–Crippen LogP) is 1.02.